The highest BCUT2D eigenvalue weighted by Gasteiger charge is 2.32. The maximum absolute atomic E-state index is 11.8. The molecule has 6 nitrogen and oxygen atoms in total. The van der Waals surface area contributed by atoms with E-state index in [0.717, 1.165) is 19.3 Å². The van der Waals surface area contributed by atoms with E-state index in [1.54, 1.807) is 0 Å². The van der Waals surface area contributed by atoms with Gasteiger partial charge in [0.2, 0.25) is 11.8 Å². The van der Waals surface area contributed by atoms with Crippen LogP contribution in [0.1, 0.15) is 38.5 Å². The zero-order chi connectivity index (χ0) is 13.8. The second-order valence-electron chi connectivity index (χ2n) is 5.39. The Morgan fingerprint density at radius 2 is 2.00 bits per heavy atom. The number of carbonyl (C=O) groups excluding carboxylic acids is 2. The Bertz CT molecular complexity index is 383. The van der Waals surface area contributed by atoms with Crippen LogP contribution in [0.3, 0.4) is 0 Å². The molecule has 2 rings (SSSR count). The first-order chi connectivity index (χ1) is 9.08. The molecule has 0 aromatic heterocycles. The number of hydrogen-bond donors (Lipinski definition) is 3. The second-order valence-corrected chi connectivity index (χ2v) is 5.39. The molecule has 106 valence electrons. The summed E-state index contributed by atoms with van der Waals surface area (Å²) in [5.41, 5.74) is 0. The fraction of sp³-hybridized carbons (Fsp3) is 0.769. The van der Waals surface area contributed by atoms with Crippen LogP contribution in [0.4, 0.5) is 0 Å². The zero-order valence-corrected chi connectivity index (χ0v) is 10.9. The Morgan fingerprint density at radius 3 is 2.63 bits per heavy atom. The predicted molar refractivity (Wildman–Crippen MR) is 67.3 cm³/mol. The van der Waals surface area contributed by atoms with Gasteiger partial charge in [-0.15, -0.1) is 0 Å². The predicted octanol–water partition coefficient (Wildman–Crippen LogP) is 0.272. The van der Waals surface area contributed by atoms with Crippen molar-refractivity contribution in [3.8, 4) is 0 Å². The Hall–Kier alpha value is -1.59. The lowest BCUT2D eigenvalue weighted by atomic mass is 9.79. The Morgan fingerprint density at radius 1 is 1.26 bits per heavy atom. The largest absolute Gasteiger partial charge is 0.481 e. The van der Waals surface area contributed by atoms with Gasteiger partial charge in [-0.25, -0.2) is 0 Å². The van der Waals surface area contributed by atoms with Crippen LogP contribution in [-0.4, -0.2) is 35.5 Å². The molecule has 3 unspecified atom stereocenters. The van der Waals surface area contributed by atoms with Crippen LogP contribution < -0.4 is 10.6 Å². The number of carbonyl (C=O) groups is 3. The van der Waals surface area contributed by atoms with Crippen molar-refractivity contribution < 1.29 is 19.5 Å². The van der Waals surface area contributed by atoms with Crippen molar-refractivity contribution in [1.82, 2.24) is 10.6 Å². The minimum absolute atomic E-state index is 0.00676. The summed E-state index contributed by atoms with van der Waals surface area (Å²) in [6, 6.07) is -0.445. The van der Waals surface area contributed by atoms with E-state index in [9.17, 15) is 14.4 Å². The van der Waals surface area contributed by atoms with Gasteiger partial charge in [0.15, 0.2) is 0 Å². The molecule has 2 fully saturated rings. The number of amides is 2. The zero-order valence-electron chi connectivity index (χ0n) is 10.9. The van der Waals surface area contributed by atoms with Gasteiger partial charge >= 0.3 is 5.97 Å². The summed E-state index contributed by atoms with van der Waals surface area (Å²) >= 11 is 0. The molecule has 1 saturated heterocycles. The number of carboxylic acids is 1. The summed E-state index contributed by atoms with van der Waals surface area (Å²) in [7, 11) is 0. The van der Waals surface area contributed by atoms with Gasteiger partial charge in [-0.1, -0.05) is 12.8 Å². The highest BCUT2D eigenvalue weighted by atomic mass is 16.4. The summed E-state index contributed by atoms with van der Waals surface area (Å²) in [4.78, 5) is 34.0. The highest BCUT2D eigenvalue weighted by Crippen LogP contribution is 2.29. The van der Waals surface area contributed by atoms with Crippen molar-refractivity contribution in [3.63, 3.8) is 0 Å². The monoisotopic (exact) mass is 268 g/mol. The molecule has 2 aliphatic rings. The molecule has 2 amide bonds. The molecule has 1 heterocycles. The van der Waals surface area contributed by atoms with E-state index in [2.05, 4.69) is 10.6 Å². The molecule has 1 aliphatic heterocycles. The Labute approximate surface area is 111 Å². The van der Waals surface area contributed by atoms with Crippen LogP contribution in [-0.2, 0) is 14.4 Å². The lowest BCUT2D eigenvalue weighted by molar-refractivity contribution is -0.145. The van der Waals surface area contributed by atoms with E-state index < -0.39 is 12.0 Å². The third kappa shape index (κ3) is 3.45. The van der Waals surface area contributed by atoms with Crippen LogP contribution in [0, 0.1) is 11.8 Å². The van der Waals surface area contributed by atoms with Crippen molar-refractivity contribution in [2.45, 2.75) is 44.6 Å². The molecule has 0 aromatic rings. The summed E-state index contributed by atoms with van der Waals surface area (Å²) in [5, 5.41) is 14.5. The molecule has 0 bridgehead atoms. The molecule has 19 heavy (non-hydrogen) atoms. The van der Waals surface area contributed by atoms with Crippen molar-refractivity contribution in [2.75, 3.05) is 6.54 Å². The van der Waals surface area contributed by atoms with Gasteiger partial charge in [0.05, 0.1) is 5.92 Å². The lowest BCUT2D eigenvalue weighted by Crippen LogP contribution is -2.45. The SMILES string of the molecule is O=C1CCC(C(=O)NCC2CCCCC2C(=O)O)N1. The third-order valence-electron chi connectivity index (χ3n) is 4.08. The van der Waals surface area contributed by atoms with Gasteiger partial charge in [-0.05, 0) is 25.2 Å². The number of aliphatic carboxylic acids is 1. The first-order valence-electron chi connectivity index (χ1n) is 6.88. The number of rotatable bonds is 4. The van der Waals surface area contributed by atoms with Crippen molar-refractivity contribution >= 4 is 17.8 Å². The number of nitrogens with one attached hydrogen (secondary N) is 2. The first-order valence-corrected chi connectivity index (χ1v) is 6.88. The van der Waals surface area contributed by atoms with E-state index in [1.165, 1.54) is 0 Å². The van der Waals surface area contributed by atoms with E-state index in [4.69, 9.17) is 5.11 Å². The minimum Gasteiger partial charge on any atom is -0.481 e. The summed E-state index contributed by atoms with van der Waals surface area (Å²) in [6.07, 6.45) is 4.41. The topological polar surface area (TPSA) is 95.5 Å². The first kappa shape index (κ1) is 13.8. The fourth-order valence-electron chi connectivity index (χ4n) is 2.94. The van der Waals surface area contributed by atoms with Gasteiger partial charge in [-0.2, -0.15) is 0 Å². The molecule has 3 atom stereocenters. The average Bonchev–Trinajstić information content (AvgIpc) is 2.83. The maximum atomic E-state index is 11.8. The average molecular weight is 268 g/mol. The molecule has 3 N–H and O–H groups in total. The van der Waals surface area contributed by atoms with Gasteiger partial charge in [-0.3, -0.25) is 14.4 Å². The van der Waals surface area contributed by atoms with Gasteiger partial charge in [0, 0.05) is 13.0 Å². The van der Waals surface area contributed by atoms with Crippen LogP contribution in [0.15, 0.2) is 0 Å². The molecule has 1 saturated carbocycles. The molecule has 0 radical (unpaired) electrons. The van der Waals surface area contributed by atoms with Crippen LogP contribution in [0.5, 0.6) is 0 Å². The van der Waals surface area contributed by atoms with E-state index >= 15 is 0 Å². The molecular formula is C13H20N2O4. The second kappa shape index (κ2) is 6.04. The van der Waals surface area contributed by atoms with E-state index in [-0.39, 0.29) is 23.7 Å². The molecule has 1 aliphatic carbocycles. The van der Waals surface area contributed by atoms with Crippen LogP contribution >= 0.6 is 0 Å². The standard InChI is InChI=1S/C13H20N2O4/c16-11-6-5-10(15-11)12(17)14-7-8-3-1-2-4-9(8)13(18)19/h8-10H,1-7H2,(H,14,17)(H,15,16)(H,18,19). The lowest BCUT2D eigenvalue weighted by Gasteiger charge is -2.28. The minimum atomic E-state index is -0.770. The normalized spacial score (nSPS) is 30.7. The Kier molecular flexibility index (Phi) is 4.39. The number of hydrogen-bond acceptors (Lipinski definition) is 3. The fourth-order valence-corrected chi connectivity index (χ4v) is 2.94. The van der Waals surface area contributed by atoms with Crippen molar-refractivity contribution in [2.24, 2.45) is 11.8 Å². The van der Waals surface area contributed by atoms with Crippen LogP contribution in [0.2, 0.25) is 0 Å². The molecular weight excluding hydrogens is 248 g/mol. The van der Waals surface area contributed by atoms with E-state index in [1.807, 2.05) is 0 Å². The molecule has 0 aromatic carbocycles. The van der Waals surface area contributed by atoms with Crippen LogP contribution in [0.25, 0.3) is 0 Å². The smallest absolute Gasteiger partial charge is 0.306 e. The summed E-state index contributed by atoms with van der Waals surface area (Å²) in [5.74, 6) is -1.41. The van der Waals surface area contributed by atoms with E-state index in [0.29, 0.717) is 25.8 Å². The third-order valence-corrected chi connectivity index (χ3v) is 4.08. The number of carboxylic acid groups (broad SMARTS) is 1. The molecule has 6 heteroatoms. The van der Waals surface area contributed by atoms with Gasteiger partial charge < -0.3 is 15.7 Å². The summed E-state index contributed by atoms with van der Waals surface area (Å²) in [6.45, 7) is 0.391. The molecule has 0 spiro atoms. The van der Waals surface area contributed by atoms with Crippen molar-refractivity contribution in [3.05, 3.63) is 0 Å². The highest BCUT2D eigenvalue weighted by molar-refractivity contribution is 5.90. The van der Waals surface area contributed by atoms with Crippen molar-refractivity contribution in [1.29, 1.82) is 0 Å². The quantitative estimate of drug-likeness (QED) is 0.682. The van der Waals surface area contributed by atoms with Gasteiger partial charge in [0.25, 0.3) is 0 Å². The summed E-state index contributed by atoms with van der Waals surface area (Å²) < 4.78 is 0. The van der Waals surface area contributed by atoms with Gasteiger partial charge in [0.1, 0.15) is 6.04 Å². The maximum Gasteiger partial charge on any atom is 0.306 e. The Balaban J connectivity index is 1.81.